The molecule has 2 aromatic heterocycles. The summed E-state index contributed by atoms with van der Waals surface area (Å²) in [6, 6.07) is 24.0. The fraction of sp³-hybridized carbons (Fsp3) is 0.133. The van der Waals surface area contributed by atoms with Crippen LogP contribution in [-0.4, -0.2) is 16.5 Å². The van der Waals surface area contributed by atoms with Gasteiger partial charge in [-0.15, -0.1) is 0 Å². The summed E-state index contributed by atoms with van der Waals surface area (Å²) in [6.45, 7) is 0.853. The normalized spacial score (nSPS) is 15.8. The molecular weight excluding hydrogens is 404 g/mol. The van der Waals surface area contributed by atoms with Gasteiger partial charge in [0.2, 0.25) is 0 Å². The summed E-state index contributed by atoms with van der Waals surface area (Å²) < 4.78 is 8.86. The topological polar surface area (TPSA) is 21.3 Å². The van der Waals surface area contributed by atoms with E-state index in [4.69, 9.17) is 4.42 Å². The number of benzene rings is 3. The van der Waals surface area contributed by atoms with Crippen LogP contribution in [0.2, 0.25) is 0 Å². The standard InChI is InChI=1S/C30H24N2O/c1-31-18-25(20-9-3-2-4-10-20)30-26(19-31)24-17-21(15-16-29(24)33-30)32-27-13-7-5-11-22(27)23-12-6-8-14-28(23)32/h2-3,5-9,11-18H,4,10,19H2,1H3. The number of nitrogens with zero attached hydrogens (tertiary/aromatic N) is 2. The first-order chi connectivity index (χ1) is 16.3. The van der Waals surface area contributed by atoms with Crippen molar-refractivity contribution in [1.82, 2.24) is 9.47 Å². The van der Waals surface area contributed by atoms with E-state index in [-0.39, 0.29) is 0 Å². The van der Waals surface area contributed by atoms with Crippen LogP contribution in [0.4, 0.5) is 0 Å². The summed E-state index contributed by atoms with van der Waals surface area (Å²) in [4.78, 5) is 2.28. The van der Waals surface area contributed by atoms with Crippen LogP contribution in [0.1, 0.15) is 24.2 Å². The predicted molar refractivity (Wildman–Crippen MR) is 136 cm³/mol. The Kier molecular flexibility index (Phi) is 3.95. The Hall–Kier alpha value is -3.98. The first-order valence-electron chi connectivity index (χ1n) is 11.6. The highest BCUT2D eigenvalue weighted by molar-refractivity contribution is 6.09. The summed E-state index contributed by atoms with van der Waals surface area (Å²) >= 11 is 0. The van der Waals surface area contributed by atoms with Crippen molar-refractivity contribution in [3.05, 3.63) is 108 Å². The third kappa shape index (κ3) is 2.75. The van der Waals surface area contributed by atoms with Crippen LogP contribution in [0.15, 0.2) is 101 Å². The maximum Gasteiger partial charge on any atom is 0.142 e. The molecule has 0 radical (unpaired) electrons. The van der Waals surface area contributed by atoms with E-state index in [1.54, 1.807) is 0 Å². The lowest BCUT2D eigenvalue weighted by Crippen LogP contribution is -2.17. The first kappa shape index (κ1) is 18.6. The van der Waals surface area contributed by atoms with E-state index in [9.17, 15) is 0 Å². The quantitative estimate of drug-likeness (QED) is 0.289. The van der Waals surface area contributed by atoms with Crippen LogP contribution < -0.4 is 0 Å². The Balaban J connectivity index is 1.47. The molecule has 7 rings (SSSR count). The van der Waals surface area contributed by atoms with Crippen molar-refractivity contribution in [2.45, 2.75) is 19.4 Å². The van der Waals surface area contributed by atoms with Crippen LogP contribution in [0.5, 0.6) is 0 Å². The van der Waals surface area contributed by atoms with Gasteiger partial charge < -0.3 is 13.9 Å². The average Bonchev–Trinajstić information content (AvgIpc) is 3.39. The Morgan fingerprint density at radius 2 is 1.61 bits per heavy atom. The zero-order chi connectivity index (χ0) is 21.9. The van der Waals surface area contributed by atoms with Gasteiger partial charge in [0.05, 0.1) is 11.0 Å². The van der Waals surface area contributed by atoms with Crippen LogP contribution in [0.25, 0.3) is 44.0 Å². The molecule has 3 heteroatoms. The molecule has 33 heavy (non-hydrogen) atoms. The van der Waals surface area contributed by atoms with E-state index < -0.39 is 0 Å². The number of para-hydroxylation sites is 2. The van der Waals surface area contributed by atoms with Crippen molar-refractivity contribution in [2.75, 3.05) is 7.05 Å². The van der Waals surface area contributed by atoms with Gasteiger partial charge in [-0.25, -0.2) is 0 Å². The van der Waals surface area contributed by atoms with E-state index in [0.29, 0.717) is 0 Å². The highest BCUT2D eigenvalue weighted by atomic mass is 16.3. The van der Waals surface area contributed by atoms with Gasteiger partial charge in [-0.05, 0) is 48.7 Å². The van der Waals surface area contributed by atoms with Gasteiger partial charge in [0.1, 0.15) is 11.3 Å². The third-order valence-corrected chi connectivity index (χ3v) is 6.97. The molecule has 1 aliphatic heterocycles. The van der Waals surface area contributed by atoms with Gasteiger partial charge in [-0.3, -0.25) is 0 Å². The Morgan fingerprint density at radius 1 is 0.848 bits per heavy atom. The molecule has 160 valence electrons. The maximum absolute atomic E-state index is 6.48. The molecular formula is C30H24N2O. The van der Waals surface area contributed by atoms with E-state index in [1.165, 1.54) is 49.6 Å². The minimum atomic E-state index is 0.853. The number of fused-ring (bicyclic) bond motifs is 6. The molecule has 0 amide bonds. The number of aromatic nitrogens is 1. The summed E-state index contributed by atoms with van der Waals surface area (Å²) in [5, 5.41) is 3.77. The number of furan rings is 1. The van der Waals surface area contributed by atoms with Gasteiger partial charge >= 0.3 is 0 Å². The van der Waals surface area contributed by atoms with Crippen LogP contribution in [0.3, 0.4) is 0 Å². The first-order valence-corrected chi connectivity index (χ1v) is 11.6. The molecule has 3 nitrogen and oxygen atoms in total. The van der Waals surface area contributed by atoms with Crippen molar-refractivity contribution in [3.63, 3.8) is 0 Å². The Bertz CT molecular complexity index is 1600. The number of rotatable bonds is 2. The van der Waals surface area contributed by atoms with E-state index in [1.807, 2.05) is 0 Å². The molecule has 5 aromatic rings. The van der Waals surface area contributed by atoms with Crippen molar-refractivity contribution in [1.29, 1.82) is 0 Å². The molecule has 0 fully saturated rings. The minimum absolute atomic E-state index is 0.853. The maximum atomic E-state index is 6.48. The lowest BCUT2D eigenvalue weighted by atomic mass is 9.92. The molecule has 2 aliphatic rings. The van der Waals surface area contributed by atoms with Crippen molar-refractivity contribution in [3.8, 4) is 5.69 Å². The van der Waals surface area contributed by atoms with Crippen molar-refractivity contribution < 1.29 is 4.42 Å². The van der Waals surface area contributed by atoms with E-state index in [2.05, 4.69) is 108 Å². The molecule has 0 unspecified atom stereocenters. The molecule has 3 aromatic carbocycles. The van der Waals surface area contributed by atoms with Crippen molar-refractivity contribution in [2.24, 2.45) is 0 Å². The SMILES string of the molecule is CN1C=C(C2=CC=CCC2)c2oc3ccc(-n4c5ccccc5c5ccccc54)cc3c2C1. The summed E-state index contributed by atoms with van der Waals surface area (Å²) in [5.41, 5.74) is 8.44. The molecule has 0 N–H and O–H groups in total. The zero-order valence-corrected chi connectivity index (χ0v) is 18.6. The monoisotopic (exact) mass is 428 g/mol. The Morgan fingerprint density at radius 3 is 2.33 bits per heavy atom. The smallest absolute Gasteiger partial charge is 0.142 e. The van der Waals surface area contributed by atoms with Crippen LogP contribution in [-0.2, 0) is 6.54 Å². The largest absolute Gasteiger partial charge is 0.456 e. The fourth-order valence-electron chi connectivity index (χ4n) is 5.48. The highest BCUT2D eigenvalue weighted by Crippen LogP contribution is 2.41. The van der Waals surface area contributed by atoms with E-state index in [0.717, 1.165) is 30.7 Å². The van der Waals surface area contributed by atoms with Gasteiger partial charge in [0, 0.05) is 52.8 Å². The van der Waals surface area contributed by atoms with Gasteiger partial charge in [-0.1, -0.05) is 54.6 Å². The number of hydrogen-bond donors (Lipinski definition) is 0. The predicted octanol–water partition coefficient (Wildman–Crippen LogP) is 7.59. The van der Waals surface area contributed by atoms with Crippen LogP contribution >= 0.6 is 0 Å². The van der Waals surface area contributed by atoms with Crippen molar-refractivity contribution >= 4 is 38.3 Å². The van der Waals surface area contributed by atoms with Gasteiger partial charge in [-0.2, -0.15) is 0 Å². The minimum Gasteiger partial charge on any atom is -0.456 e. The number of allylic oxidation sites excluding steroid dienone is 5. The van der Waals surface area contributed by atoms with Crippen LogP contribution in [0, 0.1) is 0 Å². The average molecular weight is 429 g/mol. The summed E-state index contributed by atoms with van der Waals surface area (Å²) in [5.74, 6) is 1.03. The molecule has 0 bridgehead atoms. The fourth-order valence-corrected chi connectivity index (χ4v) is 5.48. The second-order valence-electron chi connectivity index (χ2n) is 9.08. The van der Waals surface area contributed by atoms with Gasteiger partial charge in [0.25, 0.3) is 0 Å². The molecule has 0 saturated heterocycles. The molecule has 0 saturated carbocycles. The number of hydrogen-bond acceptors (Lipinski definition) is 2. The molecule has 0 atom stereocenters. The third-order valence-electron chi connectivity index (χ3n) is 6.97. The lowest BCUT2D eigenvalue weighted by Gasteiger charge is -2.24. The lowest BCUT2D eigenvalue weighted by molar-refractivity contribution is 0.436. The molecule has 0 spiro atoms. The van der Waals surface area contributed by atoms with Gasteiger partial charge in [0.15, 0.2) is 0 Å². The summed E-state index contributed by atoms with van der Waals surface area (Å²) in [6.07, 6.45) is 11.0. The van der Waals surface area contributed by atoms with E-state index >= 15 is 0 Å². The highest BCUT2D eigenvalue weighted by Gasteiger charge is 2.25. The molecule has 3 heterocycles. The second kappa shape index (κ2) is 7.01. The molecule has 1 aliphatic carbocycles. The Labute approximate surface area is 192 Å². The zero-order valence-electron chi connectivity index (χ0n) is 18.6. The second-order valence-corrected chi connectivity index (χ2v) is 9.08. The summed E-state index contributed by atoms with van der Waals surface area (Å²) in [7, 11) is 2.15.